The third-order valence-corrected chi connectivity index (χ3v) is 4.51. The summed E-state index contributed by atoms with van der Waals surface area (Å²) in [4.78, 5) is 25.8. The summed E-state index contributed by atoms with van der Waals surface area (Å²) in [5.74, 6) is -4.96. The quantitative estimate of drug-likeness (QED) is 0.816. The summed E-state index contributed by atoms with van der Waals surface area (Å²) in [7, 11) is 0. The van der Waals surface area contributed by atoms with Gasteiger partial charge in [0.1, 0.15) is 5.82 Å². The van der Waals surface area contributed by atoms with E-state index >= 15 is 0 Å². The van der Waals surface area contributed by atoms with Crippen LogP contribution in [0.5, 0.6) is 0 Å². The molecule has 2 aromatic rings. The fourth-order valence-corrected chi connectivity index (χ4v) is 2.98. The van der Waals surface area contributed by atoms with Crippen LogP contribution in [0, 0.1) is 5.82 Å². The van der Waals surface area contributed by atoms with Crippen molar-refractivity contribution in [3.05, 3.63) is 77.1 Å². The maximum atomic E-state index is 13.9. The van der Waals surface area contributed by atoms with Gasteiger partial charge in [-0.15, -0.1) is 0 Å². The number of hydrogen-bond acceptors (Lipinski definition) is 2. The van der Waals surface area contributed by atoms with E-state index in [4.69, 9.17) is 0 Å². The Labute approximate surface area is 160 Å². The van der Waals surface area contributed by atoms with Crippen molar-refractivity contribution in [2.24, 2.45) is 0 Å². The summed E-state index contributed by atoms with van der Waals surface area (Å²) in [6.45, 7) is 1.08. The second kappa shape index (κ2) is 7.88. The van der Waals surface area contributed by atoms with Crippen LogP contribution in [0.25, 0.3) is 5.57 Å². The maximum Gasteiger partial charge on any atom is 0.312 e. The van der Waals surface area contributed by atoms with Gasteiger partial charge >= 0.3 is 11.8 Å². The Bertz CT molecular complexity index is 935. The lowest BCUT2D eigenvalue weighted by atomic mass is 10.1. The molecule has 0 saturated heterocycles. The molecule has 28 heavy (non-hydrogen) atoms. The predicted octanol–water partition coefficient (Wildman–Crippen LogP) is 3.48. The number of halogens is 3. The van der Waals surface area contributed by atoms with Crippen LogP contribution in [0.1, 0.15) is 23.6 Å². The number of carbonyl (C=O) groups excluding carboxylic acids is 2. The molecule has 7 heteroatoms. The number of benzene rings is 2. The molecule has 1 heterocycles. The first kappa shape index (κ1) is 19.7. The van der Waals surface area contributed by atoms with Crippen molar-refractivity contribution in [1.82, 2.24) is 10.2 Å². The summed E-state index contributed by atoms with van der Waals surface area (Å²) in [6, 6.07) is 11.9. The number of alkyl halides is 2. The third kappa shape index (κ3) is 4.42. The Balaban J connectivity index is 1.58. The Hall–Kier alpha value is -3.09. The zero-order chi connectivity index (χ0) is 20.3. The van der Waals surface area contributed by atoms with Crippen molar-refractivity contribution < 1.29 is 22.8 Å². The fraction of sp³-hybridized carbons (Fsp3) is 0.238. The highest BCUT2D eigenvalue weighted by molar-refractivity contribution is 6.35. The van der Waals surface area contributed by atoms with E-state index in [9.17, 15) is 22.8 Å². The monoisotopic (exact) mass is 388 g/mol. The average Bonchev–Trinajstić information content (AvgIpc) is 3.15. The molecule has 0 saturated carbocycles. The second-order valence-electron chi connectivity index (χ2n) is 6.67. The zero-order valence-electron chi connectivity index (χ0n) is 15.2. The first-order valence-electron chi connectivity index (χ1n) is 8.74. The molecule has 0 spiro atoms. The highest BCUT2D eigenvalue weighted by Crippen LogP contribution is 2.27. The second-order valence-corrected chi connectivity index (χ2v) is 6.67. The Morgan fingerprint density at radius 1 is 1.14 bits per heavy atom. The Morgan fingerprint density at radius 2 is 1.89 bits per heavy atom. The van der Waals surface area contributed by atoms with E-state index in [1.807, 2.05) is 0 Å². The highest BCUT2D eigenvalue weighted by Gasteiger charge is 2.27. The predicted molar refractivity (Wildman–Crippen MR) is 98.8 cm³/mol. The number of amides is 2. The van der Waals surface area contributed by atoms with Crippen molar-refractivity contribution in [2.45, 2.75) is 19.4 Å². The van der Waals surface area contributed by atoms with E-state index < -0.39 is 17.7 Å². The summed E-state index contributed by atoms with van der Waals surface area (Å²) < 4.78 is 40.7. The van der Waals surface area contributed by atoms with Crippen LogP contribution in [0.2, 0.25) is 0 Å². The van der Waals surface area contributed by atoms with Crippen molar-refractivity contribution in [1.29, 1.82) is 0 Å². The van der Waals surface area contributed by atoms with Crippen molar-refractivity contribution in [3.8, 4) is 0 Å². The van der Waals surface area contributed by atoms with Crippen LogP contribution in [0.3, 0.4) is 0 Å². The summed E-state index contributed by atoms with van der Waals surface area (Å²) >= 11 is 0. The van der Waals surface area contributed by atoms with Crippen LogP contribution in [-0.2, 0) is 22.1 Å². The van der Waals surface area contributed by atoms with Gasteiger partial charge in [0.15, 0.2) is 0 Å². The van der Waals surface area contributed by atoms with Gasteiger partial charge in [0.05, 0.1) is 0 Å². The van der Waals surface area contributed by atoms with Crippen LogP contribution in [0.15, 0.2) is 54.6 Å². The number of nitrogens with one attached hydrogen (secondary N) is 1. The molecular formula is C21H19F3N2O2. The maximum absolute atomic E-state index is 13.9. The first-order chi connectivity index (χ1) is 13.3. The molecule has 0 unspecified atom stereocenters. The molecular weight excluding hydrogens is 369 g/mol. The van der Waals surface area contributed by atoms with Gasteiger partial charge in [-0.3, -0.25) is 9.59 Å². The largest absolute Gasteiger partial charge is 0.344 e. The molecule has 146 valence electrons. The molecule has 2 amide bonds. The molecule has 0 fully saturated rings. The number of hydrogen-bond donors (Lipinski definition) is 1. The molecule has 0 aliphatic carbocycles. The van der Waals surface area contributed by atoms with Crippen LogP contribution >= 0.6 is 0 Å². The third-order valence-electron chi connectivity index (χ3n) is 4.51. The summed E-state index contributed by atoms with van der Waals surface area (Å²) in [5.41, 5.74) is 1.34. The lowest BCUT2D eigenvalue weighted by Crippen LogP contribution is -2.41. The van der Waals surface area contributed by atoms with E-state index in [0.29, 0.717) is 16.7 Å². The molecule has 0 bridgehead atoms. The molecule has 0 atom stereocenters. The van der Waals surface area contributed by atoms with Crippen molar-refractivity contribution >= 4 is 17.4 Å². The average molecular weight is 388 g/mol. The molecule has 1 aliphatic rings. The van der Waals surface area contributed by atoms with E-state index in [-0.39, 0.29) is 31.0 Å². The molecule has 1 N–H and O–H groups in total. The highest BCUT2D eigenvalue weighted by atomic mass is 19.3. The number of rotatable bonds is 4. The molecule has 0 radical (unpaired) electrons. The van der Waals surface area contributed by atoms with Gasteiger partial charge in [-0.25, -0.2) is 13.2 Å². The molecule has 1 aliphatic heterocycles. The van der Waals surface area contributed by atoms with Gasteiger partial charge in [-0.1, -0.05) is 42.5 Å². The van der Waals surface area contributed by atoms with Crippen LogP contribution in [0.4, 0.5) is 13.2 Å². The summed E-state index contributed by atoms with van der Waals surface area (Å²) in [6.07, 6.45) is 1.70. The zero-order valence-corrected chi connectivity index (χ0v) is 15.2. The minimum atomic E-state index is -2.99. The minimum absolute atomic E-state index is 0.0457. The molecule has 2 aromatic carbocycles. The SMILES string of the molecule is CC(F)(F)c1cccc(CNC(=O)C(=O)N2CC=C(c3ccccc3F)C2)c1. The number of nitrogens with zero attached hydrogens (tertiary/aromatic N) is 1. The standard InChI is InChI=1S/C21H19F3N2O2/c1-21(23,24)16-6-4-5-14(11-16)12-25-19(27)20(28)26-10-9-15(13-26)17-7-2-3-8-18(17)22/h2-9,11H,10,12-13H2,1H3,(H,25,27). The first-order valence-corrected chi connectivity index (χ1v) is 8.74. The van der Waals surface area contributed by atoms with E-state index in [1.54, 1.807) is 30.3 Å². The van der Waals surface area contributed by atoms with E-state index in [0.717, 1.165) is 6.92 Å². The summed E-state index contributed by atoms with van der Waals surface area (Å²) in [5, 5.41) is 2.45. The van der Waals surface area contributed by atoms with Gasteiger partial charge in [0, 0.05) is 37.7 Å². The van der Waals surface area contributed by atoms with Crippen LogP contribution in [-0.4, -0.2) is 29.8 Å². The number of carbonyl (C=O) groups is 2. The lowest BCUT2D eigenvalue weighted by Gasteiger charge is -2.16. The minimum Gasteiger partial charge on any atom is -0.344 e. The van der Waals surface area contributed by atoms with Crippen LogP contribution < -0.4 is 5.32 Å². The van der Waals surface area contributed by atoms with Gasteiger partial charge in [0.25, 0.3) is 5.92 Å². The van der Waals surface area contributed by atoms with E-state index in [2.05, 4.69) is 5.32 Å². The fourth-order valence-electron chi connectivity index (χ4n) is 2.98. The molecule has 0 aromatic heterocycles. The smallest absolute Gasteiger partial charge is 0.312 e. The van der Waals surface area contributed by atoms with Gasteiger partial charge < -0.3 is 10.2 Å². The van der Waals surface area contributed by atoms with Crippen molar-refractivity contribution in [3.63, 3.8) is 0 Å². The van der Waals surface area contributed by atoms with Gasteiger partial charge in [0.2, 0.25) is 0 Å². The van der Waals surface area contributed by atoms with Gasteiger partial charge in [-0.2, -0.15) is 0 Å². The topological polar surface area (TPSA) is 49.4 Å². The Morgan fingerprint density at radius 3 is 2.61 bits per heavy atom. The Kier molecular flexibility index (Phi) is 5.53. The van der Waals surface area contributed by atoms with Crippen molar-refractivity contribution in [2.75, 3.05) is 13.1 Å². The normalized spacial score (nSPS) is 14.0. The van der Waals surface area contributed by atoms with Gasteiger partial charge in [-0.05, 0) is 23.3 Å². The molecule has 4 nitrogen and oxygen atoms in total. The van der Waals surface area contributed by atoms with E-state index in [1.165, 1.54) is 29.2 Å². The molecule has 3 rings (SSSR count). The lowest BCUT2D eigenvalue weighted by molar-refractivity contribution is -0.145.